The van der Waals surface area contributed by atoms with Crippen LogP contribution in [0.2, 0.25) is 0 Å². The van der Waals surface area contributed by atoms with Gasteiger partial charge in [-0.15, -0.1) is 0 Å². The molecule has 0 unspecified atom stereocenters. The Labute approximate surface area is 146 Å². The molecule has 8 nitrogen and oxygen atoms in total. The summed E-state index contributed by atoms with van der Waals surface area (Å²) in [6.45, 7) is 6.49. The van der Waals surface area contributed by atoms with Crippen LogP contribution in [-0.2, 0) is 13.0 Å². The molecule has 0 bridgehead atoms. The lowest BCUT2D eigenvalue weighted by Gasteiger charge is -2.26. The molecule has 132 valence electrons. The van der Waals surface area contributed by atoms with Gasteiger partial charge in [0.25, 0.3) is 5.78 Å². The highest BCUT2D eigenvalue weighted by atomic mass is 15.4. The minimum absolute atomic E-state index is 0.611. The zero-order valence-electron chi connectivity index (χ0n) is 14.6. The van der Waals surface area contributed by atoms with Gasteiger partial charge in [-0.3, -0.25) is 4.68 Å². The second kappa shape index (κ2) is 7.18. The Morgan fingerprint density at radius 1 is 1.12 bits per heavy atom. The predicted molar refractivity (Wildman–Crippen MR) is 96.0 cm³/mol. The van der Waals surface area contributed by atoms with Crippen molar-refractivity contribution in [3.05, 3.63) is 30.5 Å². The van der Waals surface area contributed by atoms with E-state index >= 15 is 0 Å². The maximum atomic E-state index is 4.47. The zero-order valence-corrected chi connectivity index (χ0v) is 14.6. The van der Waals surface area contributed by atoms with E-state index in [9.17, 15) is 0 Å². The third-order valence-electron chi connectivity index (χ3n) is 4.67. The van der Waals surface area contributed by atoms with Crippen LogP contribution < -0.4 is 5.32 Å². The number of aryl methyl sites for hydroxylation is 1. The van der Waals surface area contributed by atoms with Crippen LogP contribution in [0.1, 0.15) is 31.9 Å². The number of anilines is 2. The smallest absolute Gasteiger partial charge is 0.254 e. The number of nitrogens with one attached hydrogen (secondary N) is 1. The molecule has 8 heteroatoms. The van der Waals surface area contributed by atoms with Gasteiger partial charge in [0.2, 0.25) is 0 Å². The molecule has 1 fully saturated rings. The van der Waals surface area contributed by atoms with E-state index in [0.29, 0.717) is 5.78 Å². The molecule has 4 heterocycles. The Balaban J connectivity index is 1.45. The van der Waals surface area contributed by atoms with Crippen LogP contribution in [0.15, 0.2) is 24.8 Å². The molecule has 25 heavy (non-hydrogen) atoms. The van der Waals surface area contributed by atoms with E-state index in [0.717, 1.165) is 36.7 Å². The minimum atomic E-state index is 0.611. The molecule has 0 amide bonds. The summed E-state index contributed by atoms with van der Waals surface area (Å²) in [6.07, 6.45) is 10.3. The first kappa shape index (κ1) is 16.0. The number of nitrogens with zero attached hydrogens (tertiary/aromatic N) is 7. The zero-order chi connectivity index (χ0) is 17.1. The van der Waals surface area contributed by atoms with Crippen LogP contribution in [0.4, 0.5) is 11.5 Å². The van der Waals surface area contributed by atoms with Crippen LogP contribution in [0.3, 0.4) is 0 Å². The molecular formula is C17H24N8. The molecule has 4 rings (SSSR count). The molecule has 1 aliphatic rings. The fourth-order valence-electron chi connectivity index (χ4n) is 3.26. The normalized spacial score (nSPS) is 15.7. The van der Waals surface area contributed by atoms with Gasteiger partial charge in [-0.05, 0) is 32.4 Å². The third-order valence-corrected chi connectivity index (χ3v) is 4.67. The summed E-state index contributed by atoms with van der Waals surface area (Å²) in [5, 5.41) is 12.1. The van der Waals surface area contributed by atoms with Gasteiger partial charge in [-0.25, -0.2) is 4.98 Å². The van der Waals surface area contributed by atoms with Crippen LogP contribution >= 0.6 is 0 Å². The number of hydrogen-bond acceptors (Lipinski definition) is 6. The maximum absolute atomic E-state index is 4.47. The maximum Gasteiger partial charge on any atom is 0.254 e. The van der Waals surface area contributed by atoms with Crippen LogP contribution in [0.25, 0.3) is 5.78 Å². The van der Waals surface area contributed by atoms with E-state index in [1.165, 1.54) is 38.7 Å². The Morgan fingerprint density at radius 3 is 2.84 bits per heavy atom. The van der Waals surface area contributed by atoms with E-state index in [1.807, 2.05) is 23.1 Å². The van der Waals surface area contributed by atoms with E-state index < -0.39 is 0 Å². The summed E-state index contributed by atoms with van der Waals surface area (Å²) in [4.78, 5) is 11.2. The van der Waals surface area contributed by atoms with Crippen LogP contribution in [-0.4, -0.2) is 53.9 Å². The van der Waals surface area contributed by atoms with Crippen molar-refractivity contribution in [3.63, 3.8) is 0 Å². The highest BCUT2D eigenvalue weighted by Gasteiger charge is 2.11. The second-order valence-electron chi connectivity index (χ2n) is 6.48. The van der Waals surface area contributed by atoms with Gasteiger partial charge in [0.1, 0.15) is 12.1 Å². The van der Waals surface area contributed by atoms with Crippen LogP contribution in [0.5, 0.6) is 0 Å². The van der Waals surface area contributed by atoms with Gasteiger partial charge in [-0.2, -0.15) is 19.7 Å². The minimum Gasteiger partial charge on any atom is -0.337 e. The number of piperidine rings is 1. The molecule has 0 atom stereocenters. The summed E-state index contributed by atoms with van der Waals surface area (Å²) in [5.74, 6) is 1.47. The number of aromatic nitrogens is 6. The lowest BCUT2D eigenvalue weighted by molar-refractivity contribution is 0.218. The number of likely N-dealkylation sites (tertiary alicyclic amines) is 1. The van der Waals surface area contributed by atoms with Crippen molar-refractivity contribution >= 4 is 17.3 Å². The van der Waals surface area contributed by atoms with Gasteiger partial charge in [0.05, 0.1) is 18.4 Å². The van der Waals surface area contributed by atoms with Crippen molar-refractivity contribution in [1.82, 2.24) is 34.3 Å². The largest absolute Gasteiger partial charge is 0.337 e. The van der Waals surface area contributed by atoms with Crippen molar-refractivity contribution in [2.75, 3.05) is 25.0 Å². The van der Waals surface area contributed by atoms with Gasteiger partial charge in [-0.1, -0.05) is 13.3 Å². The first-order chi connectivity index (χ1) is 12.3. The monoisotopic (exact) mass is 340 g/mol. The molecule has 1 saturated heterocycles. The summed E-state index contributed by atoms with van der Waals surface area (Å²) in [5.41, 5.74) is 1.93. The lowest BCUT2D eigenvalue weighted by Crippen LogP contribution is -2.32. The molecule has 0 aromatic carbocycles. The summed E-state index contributed by atoms with van der Waals surface area (Å²) in [7, 11) is 0. The van der Waals surface area contributed by atoms with E-state index in [1.54, 1.807) is 4.52 Å². The van der Waals surface area contributed by atoms with Gasteiger partial charge in [0.15, 0.2) is 0 Å². The molecule has 0 saturated carbocycles. The van der Waals surface area contributed by atoms with Crippen molar-refractivity contribution in [3.8, 4) is 0 Å². The molecule has 0 spiro atoms. The number of rotatable bonds is 6. The molecule has 1 N–H and O–H groups in total. The fraction of sp³-hybridized carbons (Fsp3) is 0.529. The predicted octanol–water partition coefficient (Wildman–Crippen LogP) is 2.11. The first-order valence-corrected chi connectivity index (χ1v) is 9.03. The lowest BCUT2D eigenvalue weighted by atomic mass is 10.1. The summed E-state index contributed by atoms with van der Waals surface area (Å²) in [6, 6.07) is 2.01. The number of fused-ring (bicyclic) bond motifs is 1. The average Bonchev–Trinajstić information content (AvgIpc) is 3.30. The second-order valence-corrected chi connectivity index (χ2v) is 6.48. The van der Waals surface area contributed by atoms with Gasteiger partial charge < -0.3 is 10.2 Å². The van der Waals surface area contributed by atoms with E-state index in [4.69, 9.17) is 0 Å². The third kappa shape index (κ3) is 3.63. The average molecular weight is 340 g/mol. The Kier molecular flexibility index (Phi) is 4.60. The molecule has 3 aromatic rings. The van der Waals surface area contributed by atoms with Gasteiger partial charge >= 0.3 is 0 Å². The van der Waals surface area contributed by atoms with Crippen molar-refractivity contribution in [2.24, 2.45) is 0 Å². The Hall–Kier alpha value is -2.48. The fourth-order valence-corrected chi connectivity index (χ4v) is 3.26. The quantitative estimate of drug-likeness (QED) is 0.741. The Bertz CT molecular complexity index is 830. The molecule has 1 aliphatic heterocycles. The molecule has 0 aliphatic carbocycles. The van der Waals surface area contributed by atoms with Crippen molar-refractivity contribution in [1.29, 1.82) is 0 Å². The molecule has 0 radical (unpaired) electrons. The standard InChI is InChI=1S/C17H24N8/c1-2-14-10-16(25-17(22-14)18-13-20-25)21-15-11-19-24(12-15)9-8-23-6-4-3-5-7-23/h10-13,21H,2-9H2,1H3. The van der Waals surface area contributed by atoms with E-state index in [2.05, 4.69) is 37.3 Å². The summed E-state index contributed by atoms with van der Waals surface area (Å²) >= 11 is 0. The number of hydrogen-bond donors (Lipinski definition) is 1. The van der Waals surface area contributed by atoms with Crippen molar-refractivity contribution < 1.29 is 0 Å². The first-order valence-electron chi connectivity index (χ1n) is 9.03. The van der Waals surface area contributed by atoms with E-state index in [-0.39, 0.29) is 0 Å². The topological polar surface area (TPSA) is 76.2 Å². The van der Waals surface area contributed by atoms with Crippen molar-refractivity contribution in [2.45, 2.75) is 39.2 Å². The SMILES string of the molecule is CCc1cc(Nc2cnn(CCN3CCCCC3)c2)n2ncnc2n1. The summed E-state index contributed by atoms with van der Waals surface area (Å²) < 4.78 is 3.71. The molecular weight excluding hydrogens is 316 g/mol. The highest BCUT2D eigenvalue weighted by Crippen LogP contribution is 2.17. The highest BCUT2D eigenvalue weighted by molar-refractivity contribution is 5.57. The Morgan fingerprint density at radius 2 is 2.00 bits per heavy atom. The van der Waals surface area contributed by atoms with Gasteiger partial charge in [0, 0.05) is 24.5 Å². The van der Waals surface area contributed by atoms with Crippen LogP contribution in [0, 0.1) is 0 Å². The molecule has 3 aromatic heterocycles.